The lowest BCUT2D eigenvalue weighted by molar-refractivity contribution is -0.150. The van der Waals surface area contributed by atoms with Gasteiger partial charge in [0.15, 0.2) is 0 Å². The molecule has 0 saturated carbocycles. The van der Waals surface area contributed by atoms with Crippen LogP contribution in [0.2, 0.25) is 0 Å². The van der Waals surface area contributed by atoms with Crippen molar-refractivity contribution in [3.05, 3.63) is 29.8 Å². The van der Waals surface area contributed by atoms with E-state index in [0.29, 0.717) is 19.6 Å². The lowest BCUT2D eigenvalue weighted by Crippen LogP contribution is -2.48. The number of aryl methyl sites for hydroxylation is 1. The third kappa shape index (κ3) is 4.85. The van der Waals surface area contributed by atoms with Crippen LogP contribution in [-0.2, 0) is 9.53 Å². The number of hydrogen-bond acceptors (Lipinski definition) is 4. The summed E-state index contributed by atoms with van der Waals surface area (Å²) in [5, 5.41) is 3.04. The first-order valence-corrected chi connectivity index (χ1v) is 7.07. The average molecular weight is 279 g/mol. The fraction of sp³-hybridized carbons (Fsp3) is 0.562. The number of benzene rings is 1. The van der Waals surface area contributed by atoms with Crippen molar-refractivity contribution >= 4 is 5.97 Å². The molecular formula is C16H25NO3. The molecule has 0 fully saturated rings. The van der Waals surface area contributed by atoms with E-state index >= 15 is 0 Å². The van der Waals surface area contributed by atoms with Gasteiger partial charge in [-0.3, -0.25) is 4.79 Å². The molecule has 0 aromatic heterocycles. The molecule has 1 N–H and O–H groups in total. The Bertz CT molecular complexity index is 433. The Kier molecular flexibility index (Phi) is 6.52. The summed E-state index contributed by atoms with van der Waals surface area (Å²) in [5.74, 6) is 0.658. The summed E-state index contributed by atoms with van der Waals surface area (Å²) in [6.45, 7) is 6.69. The van der Waals surface area contributed by atoms with Gasteiger partial charge < -0.3 is 14.8 Å². The van der Waals surface area contributed by atoms with E-state index in [2.05, 4.69) is 5.32 Å². The van der Waals surface area contributed by atoms with Crippen molar-refractivity contribution < 1.29 is 14.3 Å². The third-order valence-electron chi connectivity index (χ3n) is 3.36. The molecular weight excluding hydrogens is 254 g/mol. The van der Waals surface area contributed by atoms with Gasteiger partial charge in [-0.05, 0) is 58.4 Å². The van der Waals surface area contributed by atoms with Crippen molar-refractivity contribution in [2.45, 2.75) is 39.2 Å². The number of likely N-dealkylation sites (N-methyl/N-ethyl adjacent to an activating group) is 1. The highest BCUT2D eigenvalue weighted by Crippen LogP contribution is 2.16. The summed E-state index contributed by atoms with van der Waals surface area (Å²) in [6, 6.07) is 7.95. The van der Waals surface area contributed by atoms with E-state index in [0.717, 1.165) is 12.2 Å². The maximum Gasteiger partial charge on any atom is 0.326 e. The molecule has 0 bridgehead atoms. The smallest absolute Gasteiger partial charge is 0.326 e. The normalized spacial score (nSPS) is 13.6. The first-order valence-electron chi connectivity index (χ1n) is 7.07. The molecule has 4 nitrogen and oxygen atoms in total. The summed E-state index contributed by atoms with van der Waals surface area (Å²) in [6.07, 6.45) is 1.46. The van der Waals surface area contributed by atoms with Crippen molar-refractivity contribution in [3.63, 3.8) is 0 Å². The Morgan fingerprint density at radius 1 is 1.40 bits per heavy atom. The highest BCUT2D eigenvalue weighted by atomic mass is 16.5. The van der Waals surface area contributed by atoms with Gasteiger partial charge in [-0.15, -0.1) is 0 Å². The van der Waals surface area contributed by atoms with Gasteiger partial charge in [0.1, 0.15) is 11.3 Å². The van der Waals surface area contributed by atoms with Crippen molar-refractivity contribution in [2.24, 2.45) is 0 Å². The Morgan fingerprint density at radius 2 is 2.15 bits per heavy atom. The lowest BCUT2D eigenvalue weighted by atomic mass is 9.96. The van der Waals surface area contributed by atoms with Gasteiger partial charge in [0.25, 0.3) is 0 Å². The van der Waals surface area contributed by atoms with E-state index in [1.165, 1.54) is 5.56 Å². The predicted molar refractivity (Wildman–Crippen MR) is 80.0 cm³/mol. The molecule has 4 heteroatoms. The topological polar surface area (TPSA) is 47.6 Å². The van der Waals surface area contributed by atoms with E-state index in [4.69, 9.17) is 9.47 Å². The van der Waals surface area contributed by atoms with Crippen LogP contribution < -0.4 is 10.1 Å². The van der Waals surface area contributed by atoms with Crippen LogP contribution in [0.5, 0.6) is 5.75 Å². The summed E-state index contributed by atoms with van der Waals surface area (Å²) in [7, 11) is 1.78. The standard InChI is InChI=1S/C16H25NO3/c1-5-19-15(18)16(3,17-4)10-7-11-20-14-9-6-8-13(2)12-14/h6,8-9,12,17H,5,7,10-11H2,1-4H3. The van der Waals surface area contributed by atoms with E-state index in [9.17, 15) is 4.79 Å². The maximum absolute atomic E-state index is 11.9. The Balaban J connectivity index is 2.40. The zero-order valence-corrected chi connectivity index (χ0v) is 12.9. The minimum absolute atomic E-state index is 0.210. The van der Waals surface area contributed by atoms with Crippen LogP contribution in [0.15, 0.2) is 24.3 Å². The second-order valence-electron chi connectivity index (χ2n) is 5.07. The molecule has 0 aliphatic rings. The summed E-state index contributed by atoms with van der Waals surface area (Å²) in [5.41, 5.74) is 0.528. The second kappa shape index (κ2) is 7.90. The largest absolute Gasteiger partial charge is 0.494 e. The summed E-state index contributed by atoms with van der Waals surface area (Å²) in [4.78, 5) is 11.9. The number of carbonyl (C=O) groups is 1. The van der Waals surface area contributed by atoms with Gasteiger partial charge in [-0.1, -0.05) is 12.1 Å². The maximum atomic E-state index is 11.9. The Labute approximate surface area is 121 Å². The number of nitrogens with one attached hydrogen (secondary N) is 1. The number of esters is 1. The van der Waals surface area contributed by atoms with Crippen LogP contribution >= 0.6 is 0 Å². The molecule has 0 saturated heterocycles. The molecule has 0 radical (unpaired) electrons. The Hall–Kier alpha value is -1.55. The van der Waals surface area contributed by atoms with Crippen molar-refractivity contribution in [3.8, 4) is 5.75 Å². The van der Waals surface area contributed by atoms with Crippen molar-refractivity contribution in [2.75, 3.05) is 20.3 Å². The minimum Gasteiger partial charge on any atom is -0.494 e. The fourth-order valence-corrected chi connectivity index (χ4v) is 1.94. The molecule has 0 aliphatic heterocycles. The van der Waals surface area contributed by atoms with Gasteiger partial charge >= 0.3 is 5.97 Å². The fourth-order valence-electron chi connectivity index (χ4n) is 1.94. The third-order valence-corrected chi connectivity index (χ3v) is 3.36. The molecule has 1 aromatic carbocycles. The van der Waals surface area contributed by atoms with Gasteiger partial charge in [0.2, 0.25) is 0 Å². The quantitative estimate of drug-likeness (QED) is 0.587. The molecule has 1 unspecified atom stereocenters. The van der Waals surface area contributed by atoms with Crippen LogP contribution in [0.25, 0.3) is 0 Å². The highest BCUT2D eigenvalue weighted by Gasteiger charge is 2.32. The van der Waals surface area contributed by atoms with Crippen molar-refractivity contribution in [1.82, 2.24) is 5.32 Å². The van der Waals surface area contributed by atoms with Gasteiger partial charge in [-0.2, -0.15) is 0 Å². The molecule has 0 spiro atoms. The van der Waals surface area contributed by atoms with Crippen molar-refractivity contribution in [1.29, 1.82) is 0 Å². The zero-order valence-electron chi connectivity index (χ0n) is 12.9. The van der Waals surface area contributed by atoms with Crippen LogP contribution in [-0.4, -0.2) is 31.8 Å². The highest BCUT2D eigenvalue weighted by molar-refractivity contribution is 5.80. The number of rotatable bonds is 8. The molecule has 1 atom stereocenters. The molecule has 0 amide bonds. The average Bonchev–Trinajstić information content (AvgIpc) is 2.43. The molecule has 112 valence electrons. The van der Waals surface area contributed by atoms with Gasteiger partial charge in [-0.25, -0.2) is 0 Å². The van der Waals surface area contributed by atoms with Gasteiger partial charge in [0.05, 0.1) is 13.2 Å². The van der Waals surface area contributed by atoms with Crippen LogP contribution in [0.3, 0.4) is 0 Å². The minimum atomic E-state index is -0.647. The SMILES string of the molecule is CCOC(=O)C(C)(CCCOc1cccc(C)c1)NC. The number of carbonyl (C=O) groups excluding carboxylic acids is 1. The molecule has 20 heavy (non-hydrogen) atoms. The molecule has 0 aliphatic carbocycles. The van der Waals surface area contributed by atoms with E-state index < -0.39 is 5.54 Å². The number of ether oxygens (including phenoxy) is 2. The van der Waals surface area contributed by atoms with E-state index in [-0.39, 0.29) is 5.97 Å². The van der Waals surface area contributed by atoms with E-state index in [1.54, 1.807) is 7.05 Å². The first-order chi connectivity index (χ1) is 9.51. The number of hydrogen-bond donors (Lipinski definition) is 1. The predicted octanol–water partition coefficient (Wildman–Crippen LogP) is 2.70. The van der Waals surface area contributed by atoms with Crippen LogP contribution in [0.1, 0.15) is 32.3 Å². The Morgan fingerprint density at radius 3 is 2.75 bits per heavy atom. The van der Waals surface area contributed by atoms with Crippen LogP contribution in [0, 0.1) is 6.92 Å². The van der Waals surface area contributed by atoms with Crippen LogP contribution in [0.4, 0.5) is 0 Å². The zero-order chi connectivity index (χ0) is 15.0. The summed E-state index contributed by atoms with van der Waals surface area (Å²) >= 11 is 0. The lowest BCUT2D eigenvalue weighted by Gasteiger charge is -2.26. The van der Waals surface area contributed by atoms with E-state index in [1.807, 2.05) is 45.0 Å². The molecule has 0 heterocycles. The second-order valence-corrected chi connectivity index (χ2v) is 5.07. The molecule has 1 aromatic rings. The first kappa shape index (κ1) is 16.5. The summed E-state index contributed by atoms with van der Waals surface area (Å²) < 4.78 is 10.8. The van der Waals surface area contributed by atoms with Gasteiger partial charge in [0, 0.05) is 0 Å². The molecule has 1 rings (SSSR count). The monoisotopic (exact) mass is 279 g/mol.